The molecule has 0 aromatic carbocycles. The highest BCUT2D eigenvalue weighted by Crippen LogP contribution is 2.22. The van der Waals surface area contributed by atoms with E-state index in [2.05, 4.69) is 32.6 Å². The van der Waals surface area contributed by atoms with Gasteiger partial charge in [0.25, 0.3) is 0 Å². The van der Waals surface area contributed by atoms with Crippen molar-refractivity contribution in [3.63, 3.8) is 0 Å². The van der Waals surface area contributed by atoms with Crippen molar-refractivity contribution < 1.29 is 24.2 Å². The fourth-order valence-corrected chi connectivity index (χ4v) is 7.86. The van der Waals surface area contributed by atoms with E-state index >= 15 is 0 Å². The average Bonchev–Trinajstić information content (AvgIpc) is 3.19. The molecule has 328 valence electrons. The molecule has 0 bridgehead atoms. The van der Waals surface area contributed by atoms with Crippen LogP contribution in [-0.2, 0) is 19.1 Å². The number of carbonyl (C=O) groups excluding carboxylic acids is 2. The number of hydrogen-bond donors (Lipinski definition) is 1. The van der Waals surface area contributed by atoms with Gasteiger partial charge in [-0.15, -0.1) is 0 Å². The average molecular weight is 780 g/mol. The van der Waals surface area contributed by atoms with Gasteiger partial charge in [-0.3, -0.25) is 9.59 Å². The highest BCUT2D eigenvalue weighted by atomic mass is 16.5. The molecular weight excluding hydrogens is 683 g/mol. The second-order valence-electron chi connectivity index (χ2n) is 17.0. The van der Waals surface area contributed by atoms with E-state index in [1.165, 1.54) is 122 Å². The van der Waals surface area contributed by atoms with Crippen molar-refractivity contribution in [2.24, 2.45) is 11.8 Å². The van der Waals surface area contributed by atoms with E-state index in [-0.39, 0.29) is 30.4 Å². The standard InChI is InChI=1S/C49H97NO5/c1-5-9-13-17-20-28-38-46(36-26-16-12-8-4)48(52)54-44-34-24-22-30-40-50(42-32-33-43-51)41-31-23-25-35-45-55-49(53)47(37-27-19-15-11-7-3)39-29-21-18-14-10-6-2/h46-47,51H,5-45H2,1-4H3. The molecule has 6 heteroatoms. The topological polar surface area (TPSA) is 76.1 Å². The minimum atomic E-state index is 0.0548. The van der Waals surface area contributed by atoms with E-state index in [1.54, 1.807) is 0 Å². The molecule has 0 fully saturated rings. The van der Waals surface area contributed by atoms with Crippen LogP contribution in [0.2, 0.25) is 0 Å². The predicted octanol–water partition coefficient (Wildman–Crippen LogP) is 14.3. The Hall–Kier alpha value is -1.14. The first-order chi connectivity index (χ1) is 27.0. The summed E-state index contributed by atoms with van der Waals surface area (Å²) in [6.45, 7) is 13.6. The fraction of sp³-hybridized carbons (Fsp3) is 0.959. The van der Waals surface area contributed by atoms with Gasteiger partial charge in [0.1, 0.15) is 0 Å². The summed E-state index contributed by atoms with van der Waals surface area (Å²) in [5.41, 5.74) is 0. The van der Waals surface area contributed by atoms with Crippen LogP contribution in [0.4, 0.5) is 0 Å². The summed E-state index contributed by atoms with van der Waals surface area (Å²) in [5.74, 6) is 0.293. The molecule has 0 aliphatic heterocycles. The maximum absolute atomic E-state index is 13.0. The summed E-state index contributed by atoms with van der Waals surface area (Å²) in [4.78, 5) is 28.6. The molecule has 0 aliphatic carbocycles. The predicted molar refractivity (Wildman–Crippen MR) is 237 cm³/mol. The zero-order chi connectivity index (χ0) is 40.3. The molecule has 0 aliphatic rings. The van der Waals surface area contributed by atoms with Gasteiger partial charge in [0.05, 0.1) is 25.0 Å². The van der Waals surface area contributed by atoms with Gasteiger partial charge in [0.2, 0.25) is 0 Å². The molecule has 0 radical (unpaired) electrons. The third-order valence-electron chi connectivity index (χ3n) is 11.6. The molecular formula is C49H97NO5. The highest BCUT2D eigenvalue weighted by molar-refractivity contribution is 5.72. The maximum Gasteiger partial charge on any atom is 0.308 e. The van der Waals surface area contributed by atoms with Crippen molar-refractivity contribution in [2.45, 2.75) is 252 Å². The number of esters is 2. The normalized spacial score (nSPS) is 12.7. The molecule has 0 saturated heterocycles. The Balaban J connectivity index is 4.38. The smallest absolute Gasteiger partial charge is 0.308 e. The summed E-state index contributed by atoms with van der Waals surface area (Å²) in [5, 5.41) is 9.33. The van der Waals surface area contributed by atoms with Gasteiger partial charge in [0.15, 0.2) is 0 Å². The SMILES string of the molecule is CCCCCCCCC(CCCCCC)C(=O)OCCCCCCN(CCCCO)CCCCCCOC(=O)C(CCCCCCC)CCCCCCCC. The number of nitrogens with zero attached hydrogens (tertiary/aromatic N) is 1. The van der Waals surface area contributed by atoms with Crippen LogP contribution in [-0.4, -0.2) is 61.4 Å². The van der Waals surface area contributed by atoms with Crippen LogP contribution in [0.3, 0.4) is 0 Å². The molecule has 0 spiro atoms. The Morgan fingerprint density at radius 2 is 0.655 bits per heavy atom. The Kier molecular flexibility index (Phi) is 43.1. The van der Waals surface area contributed by atoms with Crippen molar-refractivity contribution in [3.8, 4) is 0 Å². The van der Waals surface area contributed by atoms with Gasteiger partial charge in [-0.05, 0) is 83.8 Å². The minimum absolute atomic E-state index is 0.0548. The second-order valence-corrected chi connectivity index (χ2v) is 17.0. The lowest BCUT2D eigenvalue weighted by molar-refractivity contribution is -0.150. The van der Waals surface area contributed by atoms with Crippen molar-refractivity contribution in [3.05, 3.63) is 0 Å². The number of rotatable bonds is 45. The molecule has 0 amide bonds. The van der Waals surface area contributed by atoms with Crippen LogP contribution in [0.25, 0.3) is 0 Å². The molecule has 1 N–H and O–H groups in total. The van der Waals surface area contributed by atoms with Crippen LogP contribution in [0.15, 0.2) is 0 Å². The number of aliphatic hydroxyl groups is 1. The van der Waals surface area contributed by atoms with Crippen LogP contribution in [0, 0.1) is 11.8 Å². The Bertz CT molecular complexity index is 791. The van der Waals surface area contributed by atoms with Gasteiger partial charge in [-0.25, -0.2) is 0 Å². The molecule has 6 nitrogen and oxygen atoms in total. The number of carbonyl (C=O) groups is 2. The van der Waals surface area contributed by atoms with Crippen molar-refractivity contribution in [1.82, 2.24) is 4.90 Å². The largest absolute Gasteiger partial charge is 0.465 e. The molecule has 0 saturated carbocycles. The zero-order valence-electron chi connectivity index (χ0n) is 37.7. The first kappa shape index (κ1) is 53.9. The van der Waals surface area contributed by atoms with Gasteiger partial charge in [-0.1, -0.05) is 188 Å². The Morgan fingerprint density at radius 3 is 1.00 bits per heavy atom. The van der Waals surface area contributed by atoms with Crippen LogP contribution >= 0.6 is 0 Å². The molecule has 2 atom stereocenters. The van der Waals surface area contributed by atoms with Crippen LogP contribution < -0.4 is 0 Å². The Morgan fingerprint density at radius 1 is 0.382 bits per heavy atom. The lowest BCUT2D eigenvalue weighted by atomic mass is 9.94. The van der Waals surface area contributed by atoms with Gasteiger partial charge >= 0.3 is 11.9 Å². The first-order valence-electron chi connectivity index (χ1n) is 24.7. The molecule has 2 unspecified atom stereocenters. The number of aliphatic hydroxyl groups excluding tert-OH is 1. The summed E-state index contributed by atoms with van der Waals surface area (Å²) in [6, 6.07) is 0. The Labute approximate surface area is 343 Å². The minimum Gasteiger partial charge on any atom is -0.465 e. The lowest BCUT2D eigenvalue weighted by Gasteiger charge is -2.22. The maximum atomic E-state index is 13.0. The van der Waals surface area contributed by atoms with E-state index < -0.39 is 0 Å². The molecule has 55 heavy (non-hydrogen) atoms. The van der Waals surface area contributed by atoms with Crippen molar-refractivity contribution in [1.29, 1.82) is 0 Å². The van der Waals surface area contributed by atoms with E-state index in [1.807, 2.05) is 0 Å². The zero-order valence-corrected chi connectivity index (χ0v) is 37.7. The first-order valence-corrected chi connectivity index (χ1v) is 24.7. The van der Waals surface area contributed by atoms with Crippen LogP contribution in [0.5, 0.6) is 0 Å². The van der Waals surface area contributed by atoms with E-state index in [0.29, 0.717) is 13.2 Å². The third kappa shape index (κ3) is 36.9. The monoisotopic (exact) mass is 780 g/mol. The third-order valence-corrected chi connectivity index (χ3v) is 11.6. The molecule has 0 rings (SSSR count). The number of hydrogen-bond acceptors (Lipinski definition) is 6. The molecule has 0 heterocycles. The van der Waals surface area contributed by atoms with Gasteiger partial charge in [-0.2, -0.15) is 0 Å². The molecule has 0 aromatic rings. The fourth-order valence-electron chi connectivity index (χ4n) is 7.86. The van der Waals surface area contributed by atoms with E-state index in [4.69, 9.17) is 9.47 Å². The van der Waals surface area contributed by atoms with Crippen molar-refractivity contribution >= 4 is 11.9 Å². The van der Waals surface area contributed by atoms with Crippen molar-refractivity contribution in [2.75, 3.05) is 39.5 Å². The quantitative estimate of drug-likeness (QED) is 0.0490. The van der Waals surface area contributed by atoms with Gasteiger partial charge < -0.3 is 19.5 Å². The van der Waals surface area contributed by atoms with Crippen LogP contribution in [0.1, 0.15) is 252 Å². The second kappa shape index (κ2) is 44.0. The van der Waals surface area contributed by atoms with E-state index in [9.17, 15) is 14.7 Å². The highest BCUT2D eigenvalue weighted by Gasteiger charge is 2.20. The summed E-state index contributed by atoms with van der Waals surface area (Å²) >= 11 is 0. The summed E-state index contributed by atoms with van der Waals surface area (Å²) in [7, 11) is 0. The number of unbranched alkanes of at least 4 members (excludes halogenated alkanes) is 24. The summed E-state index contributed by atoms with van der Waals surface area (Å²) in [6.07, 6.45) is 41.0. The lowest BCUT2D eigenvalue weighted by Crippen LogP contribution is -2.27. The van der Waals surface area contributed by atoms with E-state index in [0.717, 1.165) is 122 Å². The van der Waals surface area contributed by atoms with Gasteiger partial charge in [0, 0.05) is 6.61 Å². The number of ether oxygens (including phenoxy) is 2. The summed E-state index contributed by atoms with van der Waals surface area (Å²) < 4.78 is 11.7. The molecule has 0 aromatic heterocycles.